The first-order valence-corrected chi connectivity index (χ1v) is 12.9. The molecule has 0 spiro atoms. The average molecular weight is 567 g/mol. The summed E-state index contributed by atoms with van der Waals surface area (Å²) in [4.78, 5) is 29.4. The minimum atomic E-state index is -4.78. The highest BCUT2D eigenvalue weighted by molar-refractivity contribution is 6.34. The third-order valence-electron chi connectivity index (χ3n) is 6.81. The second kappa shape index (κ2) is 11.0. The zero-order valence-corrected chi connectivity index (χ0v) is 22.7. The Morgan fingerprint density at radius 1 is 1.21 bits per heavy atom. The predicted molar refractivity (Wildman–Crippen MR) is 141 cm³/mol. The Balaban J connectivity index is 1.72. The molecule has 0 bridgehead atoms. The maximum atomic E-state index is 12.9. The normalized spacial score (nSPS) is 17.9. The van der Waals surface area contributed by atoms with Gasteiger partial charge in [-0.05, 0) is 68.0 Å². The third kappa shape index (κ3) is 6.76. The van der Waals surface area contributed by atoms with E-state index in [2.05, 4.69) is 34.0 Å². The minimum Gasteiger partial charge on any atom is -0.467 e. The summed E-state index contributed by atoms with van der Waals surface area (Å²) < 4.78 is 48.4. The molecule has 2 unspecified atom stereocenters. The standard InChI is InChI=1S/C27H30ClF3N4O4/c1-15(24(37)38-4)32-23(36)19-12-21-22(13-20(19)28)35(17-6-5-11-26(2,3)14-17)25(34-21)33-16-7-9-18(10-8-16)39-27(29,30)31/h7-10,12-13,15,17H,5-6,11,14H2,1-4H3,(H,32,36)(H,33,34). The maximum Gasteiger partial charge on any atom is 0.573 e. The number of halogens is 4. The minimum absolute atomic E-state index is 0.0733. The van der Waals surface area contributed by atoms with Gasteiger partial charge in [0.15, 0.2) is 0 Å². The number of imidazole rings is 1. The summed E-state index contributed by atoms with van der Waals surface area (Å²) in [5.41, 5.74) is 1.96. The van der Waals surface area contributed by atoms with Gasteiger partial charge in [-0.25, -0.2) is 9.78 Å². The van der Waals surface area contributed by atoms with E-state index in [9.17, 15) is 22.8 Å². The molecule has 39 heavy (non-hydrogen) atoms. The molecule has 4 rings (SSSR count). The molecule has 8 nitrogen and oxygen atoms in total. The molecule has 0 aliphatic heterocycles. The van der Waals surface area contributed by atoms with Crippen LogP contribution in [-0.2, 0) is 9.53 Å². The van der Waals surface area contributed by atoms with Gasteiger partial charge in [0.2, 0.25) is 5.95 Å². The number of amides is 1. The van der Waals surface area contributed by atoms with Crippen molar-refractivity contribution < 1.29 is 32.2 Å². The summed E-state index contributed by atoms with van der Waals surface area (Å²) >= 11 is 6.56. The molecular weight excluding hydrogens is 537 g/mol. The number of alkyl halides is 3. The monoisotopic (exact) mass is 566 g/mol. The van der Waals surface area contributed by atoms with Gasteiger partial charge in [-0.2, -0.15) is 0 Å². The summed E-state index contributed by atoms with van der Waals surface area (Å²) in [6.45, 7) is 5.92. The van der Waals surface area contributed by atoms with Crippen LogP contribution in [-0.4, -0.2) is 40.9 Å². The van der Waals surface area contributed by atoms with Crippen molar-refractivity contribution >= 4 is 46.1 Å². The number of carbonyl (C=O) groups is 2. The summed E-state index contributed by atoms with van der Waals surface area (Å²) in [5, 5.41) is 5.97. The Morgan fingerprint density at radius 3 is 2.51 bits per heavy atom. The van der Waals surface area contributed by atoms with Gasteiger partial charge in [-0.1, -0.05) is 31.9 Å². The molecule has 1 aliphatic rings. The van der Waals surface area contributed by atoms with Crippen molar-refractivity contribution in [2.45, 2.75) is 64.9 Å². The molecule has 12 heteroatoms. The molecule has 2 aromatic carbocycles. The van der Waals surface area contributed by atoms with Crippen LogP contribution in [0, 0.1) is 5.41 Å². The number of benzene rings is 2. The van der Waals surface area contributed by atoms with E-state index in [1.807, 2.05) is 4.57 Å². The zero-order valence-electron chi connectivity index (χ0n) is 22.0. The smallest absolute Gasteiger partial charge is 0.467 e. The Morgan fingerprint density at radius 2 is 1.90 bits per heavy atom. The predicted octanol–water partition coefficient (Wildman–Crippen LogP) is 6.76. The number of methoxy groups -OCH3 is 1. The van der Waals surface area contributed by atoms with Crippen LogP contribution in [0.4, 0.5) is 24.8 Å². The fourth-order valence-corrected chi connectivity index (χ4v) is 5.25. The molecule has 1 fully saturated rings. The highest BCUT2D eigenvalue weighted by atomic mass is 35.5. The van der Waals surface area contributed by atoms with Crippen LogP contribution < -0.4 is 15.4 Å². The van der Waals surface area contributed by atoms with E-state index >= 15 is 0 Å². The molecule has 1 aromatic heterocycles. The first kappa shape index (κ1) is 28.5. The van der Waals surface area contributed by atoms with Crippen molar-refractivity contribution in [2.24, 2.45) is 5.41 Å². The number of aromatic nitrogens is 2. The number of carbonyl (C=O) groups excluding carboxylic acids is 2. The molecule has 3 aromatic rings. The quantitative estimate of drug-likeness (QED) is 0.307. The molecule has 1 amide bonds. The van der Waals surface area contributed by atoms with Crippen LogP contribution in [0.25, 0.3) is 11.0 Å². The number of ether oxygens (including phenoxy) is 2. The van der Waals surface area contributed by atoms with Gasteiger partial charge < -0.3 is 24.7 Å². The lowest BCUT2D eigenvalue weighted by molar-refractivity contribution is -0.274. The Labute approximate surface area is 228 Å². The van der Waals surface area contributed by atoms with E-state index in [1.54, 1.807) is 12.1 Å². The van der Waals surface area contributed by atoms with Crippen LogP contribution in [0.15, 0.2) is 36.4 Å². The Bertz CT molecular complexity index is 1370. The van der Waals surface area contributed by atoms with Crippen LogP contribution >= 0.6 is 11.6 Å². The molecular formula is C27H30ClF3N4O4. The van der Waals surface area contributed by atoms with E-state index in [-0.39, 0.29) is 27.8 Å². The van der Waals surface area contributed by atoms with Gasteiger partial charge in [-0.15, -0.1) is 13.2 Å². The zero-order chi connectivity index (χ0) is 28.5. The Kier molecular flexibility index (Phi) is 8.02. The molecule has 0 saturated heterocycles. The lowest BCUT2D eigenvalue weighted by atomic mass is 9.75. The molecule has 1 heterocycles. The lowest BCUT2D eigenvalue weighted by Gasteiger charge is -2.36. The van der Waals surface area contributed by atoms with Crippen LogP contribution in [0.2, 0.25) is 5.02 Å². The number of nitrogens with one attached hydrogen (secondary N) is 2. The SMILES string of the molecule is COC(=O)C(C)NC(=O)c1cc2nc(Nc3ccc(OC(F)(F)F)cc3)n(C3CCCC(C)(C)C3)c2cc1Cl. The molecule has 2 atom stereocenters. The number of rotatable bonds is 7. The second-order valence-electron chi connectivity index (χ2n) is 10.5. The van der Waals surface area contributed by atoms with Gasteiger partial charge in [-0.3, -0.25) is 4.79 Å². The first-order valence-electron chi connectivity index (χ1n) is 12.5. The van der Waals surface area contributed by atoms with Crippen molar-refractivity contribution in [2.75, 3.05) is 12.4 Å². The largest absolute Gasteiger partial charge is 0.573 e. The van der Waals surface area contributed by atoms with Crippen molar-refractivity contribution in [1.82, 2.24) is 14.9 Å². The summed E-state index contributed by atoms with van der Waals surface area (Å²) in [7, 11) is 1.23. The van der Waals surface area contributed by atoms with Crippen LogP contribution in [0.1, 0.15) is 62.9 Å². The number of esters is 1. The molecule has 210 valence electrons. The number of fused-ring (bicyclic) bond motifs is 1. The van der Waals surface area contributed by atoms with E-state index in [1.165, 1.54) is 38.3 Å². The number of nitrogens with zero attached hydrogens (tertiary/aromatic N) is 2. The molecule has 0 radical (unpaired) electrons. The van der Waals surface area contributed by atoms with E-state index in [0.29, 0.717) is 22.7 Å². The van der Waals surface area contributed by atoms with Gasteiger partial charge >= 0.3 is 12.3 Å². The summed E-state index contributed by atoms with van der Waals surface area (Å²) in [5.74, 6) is -1.02. The molecule has 1 saturated carbocycles. The fourth-order valence-electron chi connectivity index (χ4n) is 5.01. The Hall–Kier alpha value is -3.47. The van der Waals surface area contributed by atoms with Crippen molar-refractivity contribution in [3.05, 3.63) is 47.0 Å². The molecule has 1 aliphatic carbocycles. The summed E-state index contributed by atoms with van der Waals surface area (Å²) in [6, 6.07) is 7.80. The second-order valence-corrected chi connectivity index (χ2v) is 10.9. The number of hydrogen-bond donors (Lipinski definition) is 2. The van der Waals surface area contributed by atoms with Crippen molar-refractivity contribution in [3.63, 3.8) is 0 Å². The van der Waals surface area contributed by atoms with E-state index in [4.69, 9.17) is 16.6 Å². The fraction of sp³-hybridized carbons (Fsp3) is 0.444. The number of anilines is 2. The number of hydrogen-bond acceptors (Lipinski definition) is 6. The molecule has 2 N–H and O–H groups in total. The topological polar surface area (TPSA) is 94.5 Å². The van der Waals surface area contributed by atoms with Gasteiger partial charge in [0.25, 0.3) is 5.91 Å². The third-order valence-corrected chi connectivity index (χ3v) is 7.13. The highest BCUT2D eigenvalue weighted by Crippen LogP contribution is 2.44. The lowest BCUT2D eigenvalue weighted by Crippen LogP contribution is -2.39. The van der Waals surface area contributed by atoms with E-state index in [0.717, 1.165) is 25.7 Å². The van der Waals surface area contributed by atoms with Crippen LogP contribution in [0.3, 0.4) is 0 Å². The first-order chi connectivity index (χ1) is 18.3. The van der Waals surface area contributed by atoms with Gasteiger partial charge in [0, 0.05) is 11.7 Å². The summed E-state index contributed by atoms with van der Waals surface area (Å²) in [6.07, 6.45) is -0.905. The van der Waals surface area contributed by atoms with Crippen molar-refractivity contribution in [3.8, 4) is 5.75 Å². The van der Waals surface area contributed by atoms with Gasteiger partial charge in [0.1, 0.15) is 11.8 Å². The van der Waals surface area contributed by atoms with Gasteiger partial charge in [0.05, 0.1) is 28.7 Å². The van der Waals surface area contributed by atoms with Crippen molar-refractivity contribution in [1.29, 1.82) is 0 Å². The van der Waals surface area contributed by atoms with E-state index < -0.39 is 24.3 Å². The average Bonchev–Trinajstić information content (AvgIpc) is 3.19. The van der Waals surface area contributed by atoms with Crippen LogP contribution in [0.5, 0.6) is 5.75 Å². The maximum absolute atomic E-state index is 12.9. The highest BCUT2D eigenvalue weighted by Gasteiger charge is 2.33.